The van der Waals surface area contributed by atoms with Crippen LogP contribution in [0.25, 0.3) is 10.8 Å². The summed E-state index contributed by atoms with van der Waals surface area (Å²) in [6, 6.07) is 16.1. The van der Waals surface area contributed by atoms with Crippen molar-refractivity contribution in [2.24, 2.45) is 12.8 Å². The van der Waals surface area contributed by atoms with Crippen molar-refractivity contribution in [3.63, 3.8) is 0 Å². The van der Waals surface area contributed by atoms with E-state index in [-0.39, 0.29) is 6.04 Å². The molecule has 0 aliphatic rings. The molecule has 0 spiro atoms. The Labute approximate surface area is 118 Å². The molecule has 0 aliphatic heterocycles. The number of hydrogen-bond acceptors (Lipinski definition) is 2. The van der Waals surface area contributed by atoms with Crippen molar-refractivity contribution in [2.45, 2.75) is 6.04 Å². The van der Waals surface area contributed by atoms with Gasteiger partial charge < -0.3 is 15.0 Å². The van der Waals surface area contributed by atoms with E-state index in [1.54, 1.807) is 7.11 Å². The maximum Gasteiger partial charge on any atom is 0.124 e. The zero-order valence-electron chi connectivity index (χ0n) is 11.7. The second-order valence-corrected chi connectivity index (χ2v) is 4.92. The third kappa shape index (κ3) is 1.96. The van der Waals surface area contributed by atoms with Crippen LogP contribution >= 0.6 is 0 Å². The molecule has 0 aliphatic carbocycles. The molecule has 20 heavy (non-hydrogen) atoms. The molecule has 1 unspecified atom stereocenters. The molecular weight excluding hydrogens is 248 g/mol. The van der Waals surface area contributed by atoms with E-state index in [0.717, 1.165) is 22.4 Å². The summed E-state index contributed by atoms with van der Waals surface area (Å²) < 4.78 is 7.57. The van der Waals surface area contributed by atoms with E-state index in [9.17, 15) is 0 Å². The minimum Gasteiger partial charge on any atom is -0.496 e. The summed E-state index contributed by atoms with van der Waals surface area (Å²) in [4.78, 5) is 0. The molecule has 2 aromatic carbocycles. The highest BCUT2D eigenvalue weighted by atomic mass is 16.5. The van der Waals surface area contributed by atoms with Gasteiger partial charge in [-0.3, -0.25) is 0 Å². The van der Waals surface area contributed by atoms with Gasteiger partial charge in [0.05, 0.1) is 13.2 Å². The van der Waals surface area contributed by atoms with E-state index < -0.39 is 0 Å². The number of methoxy groups -OCH3 is 1. The van der Waals surface area contributed by atoms with Crippen molar-refractivity contribution in [1.82, 2.24) is 4.57 Å². The lowest BCUT2D eigenvalue weighted by Crippen LogP contribution is -2.16. The molecule has 3 nitrogen and oxygen atoms in total. The van der Waals surface area contributed by atoms with Crippen LogP contribution in [0.15, 0.2) is 54.7 Å². The number of hydrogen-bond donors (Lipinski definition) is 1. The number of fused-ring (bicyclic) bond motifs is 1. The average molecular weight is 266 g/mol. The monoisotopic (exact) mass is 266 g/mol. The number of nitrogens with two attached hydrogens (primary N) is 1. The van der Waals surface area contributed by atoms with Gasteiger partial charge in [0.25, 0.3) is 0 Å². The molecule has 0 bridgehead atoms. The SMILES string of the molecule is COc1ccc2ccccc2c1C(N)c1cccn1C. The molecule has 1 aromatic heterocycles. The highest BCUT2D eigenvalue weighted by Gasteiger charge is 2.19. The van der Waals surface area contributed by atoms with E-state index in [0.29, 0.717) is 0 Å². The molecule has 102 valence electrons. The van der Waals surface area contributed by atoms with Gasteiger partial charge in [-0.2, -0.15) is 0 Å². The molecule has 0 fully saturated rings. The van der Waals surface area contributed by atoms with Crippen molar-refractivity contribution in [3.8, 4) is 5.75 Å². The Bertz CT molecular complexity index is 746. The number of rotatable bonds is 3. The molecule has 0 amide bonds. The van der Waals surface area contributed by atoms with Crippen LogP contribution in [0.2, 0.25) is 0 Å². The summed E-state index contributed by atoms with van der Waals surface area (Å²) in [5.41, 5.74) is 8.61. The predicted octanol–water partition coefficient (Wildman–Crippen LogP) is 3.24. The summed E-state index contributed by atoms with van der Waals surface area (Å²) in [5.74, 6) is 0.831. The largest absolute Gasteiger partial charge is 0.496 e. The minimum atomic E-state index is -0.212. The average Bonchev–Trinajstić information content (AvgIpc) is 2.91. The van der Waals surface area contributed by atoms with Crippen LogP contribution in [0, 0.1) is 0 Å². The molecule has 1 atom stereocenters. The summed E-state index contributed by atoms with van der Waals surface area (Å²) in [6.45, 7) is 0. The summed E-state index contributed by atoms with van der Waals surface area (Å²) >= 11 is 0. The Morgan fingerprint density at radius 1 is 1.05 bits per heavy atom. The summed E-state index contributed by atoms with van der Waals surface area (Å²) in [5, 5.41) is 2.31. The number of aryl methyl sites for hydroxylation is 1. The van der Waals surface area contributed by atoms with Gasteiger partial charge in [0, 0.05) is 24.5 Å². The predicted molar refractivity (Wildman–Crippen MR) is 81.9 cm³/mol. The lowest BCUT2D eigenvalue weighted by molar-refractivity contribution is 0.408. The van der Waals surface area contributed by atoms with E-state index >= 15 is 0 Å². The highest BCUT2D eigenvalue weighted by Crippen LogP contribution is 2.34. The Morgan fingerprint density at radius 3 is 2.55 bits per heavy atom. The first-order valence-corrected chi connectivity index (χ1v) is 6.65. The van der Waals surface area contributed by atoms with Crippen LogP contribution in [-0.2, 0) is 7.05 Å². The van der Waals surface area contributed by atoms with Crippen molar-refractivity contribution in [2.75, 3.05) is 7.11 Å². The van der Waals surface area contributed by atoms with Crippen LogP contribution < -0.4 is 10.5 Å². The van der Waals surface area contributed by atoms with Crippen molar-refractivity contribution in [1.29, 1.82) is 0 Å². The Kier molecular flexibility index (Phi) is 3.20. The first-order chi connectivity index (χ1) is 9.72. The van der Waals surface area contributed by atoms with Gasteiger partial charge in [0.2, 0.25) is 0 Å². The number of benzene rings is 2. The molecule has 0 saturated heterocycles. The van der Waals surface area contributed by atoms with Gasteiger partial charge >= 0.3 is 0 Å². The molecule has 1 heterocycles. The van der Waals surface area contributed by atoms with Gasteiger partial charge in [-0.05, 0) is 29.0 Å². The lowest BCUT2D eigenvalue weighted by atomic mass is 9.96. The maximum absolute atomic E-state index is 6.50. The van der Waals surface area contributed by atoms with Crippen molar-refractivity contribution in [3.05, 3.63) is 66.0 Å². The van der Waals surface area contributed by atoms with E-state index in [2.05, 4.69) is 18.2 Å². The topological polar surface area (TPSA) is 40.2 Å². The fourth-order valence-electron chi connectivity index (χ4n) is 2.72. The standard InChI is InChI=1S/C17H18N2O/c1-19-11-5-8-14(19)17(18)16-13-7-4-3-6-12(13)9-10-15(16)20-2/h3-11,17H,18H2,1-2H3. The Morgan fingerprint density at radius 2 is 1.85 bits per heavy atom. The van der Waals surface area contributed by atoms with Crippen LogP contribution in [0.3, 0.4) is 0 Å². The van der Waals surface area contributed by atoms with Crippen molar-refractivity contribution < 1.29 is 4.74 Å². The van der Waals surface area contributed by atoms with Gasteiger partial charge in [-0.15, -0.1) is 0 Å². The first kappa shape index (κ1) is 12.8. The molecule has 3 heteroatoms. The fourth-order valence-corrected chi connectivity index (χ4v) is 2.72. The highest BCUT2D eigenvalue weighted by molar-refractivity contribution is 5.88. The van der Waals surface area contributed by atoms with Gasteiger partial charge in [-0.1, -0.05) is 30.3 Å². The second-order valence-electron chi connectivity index (χ2n) is 4.92. The zero-order valence-corrected chi connectivity index (χ0v) is 11.7. The zero-order chi connectivity index (χ0) is 14.1. The van der Waals surface area contributed by atoms with E-state index in [1.165, 1.54) is 5.39 Å². The van der Waals surface area contributed by atoms with E-state index in [4.69, 9.17) is 10.5 Å². The lowest BCUT2D eigenvalue weighted by Gasteiger charge is -2.19. The van der Waals surface area contributed by atoms with Gasteiger partial charge in [0.1, 0.15) is 5.75 Å². The quantitative estimate of drug-likeness (QED) is 0.790. The first-order valence-electron chi connectivity index (χ1n) is 6.65. The molecule has 3 rings (SSSR count). The number of nitrogens with zero attached hydrogens (tertiary/aromatic N) is 1. The summed E-state index contributed by atoms with van der Waals surface area (Å²) in [7, 11) is 3.69. The summed E-state index contributed by atoms with van der Waals surface area (Å²) in [6.07, 6.45) is 2.01. The number of ether oxygens (including phenoxy) is 1. The molecule has 2 N–H and O–H groups in total. The third-order valence-corrected chi connectivity index (χ3v) is 3.76. The molecule has 3 aromatic rings. The molecular formula is C17H18N2O. The molecule has 0 saturated carbocycles. The maximum atomic E-state index is 6.50. The number of aromatic nitrogens is 1. The normalized spacial score (nSPS) is 12.6. The van der Waals surface area contributed by atoms with E-state index in [1.807, 2.05) is 48.1 Å². The second kappa shape index (κ2) is 5.02. The Hall–Kier alpha value is -2.26. The van der Waals surface area contributed by atoms with Crippen LogP contribution in [0.1, 0.15) is 17.3 Å². The molecule has 0 radical (unpaired) electrons. The van der Waals surface area contributed by atoms with Gasteiger partial charge in [0.15, 0.2) is 0 Å². The van der Waals surface area contributed by atoms with Crippen LogP contribution in [-0.4, -0.2) is 11.7 Å². The van der Waals surface area contributed by atoms with Crippen molar-refractivity contribution >= 4 is 10.8 Å². The van der Waals surface area contributed by atoms with Crippen LogP contribution in [0.5, 0.6) is 5.75 Å². The smallest absolute Gasteiger partial charge is 0.124 e. The fraction of sp³-hybridized carbons (Fsp3) is 0.176. The van der Waals surface area contributed by atoms with Crippen LogP contribution in [0.4, 0.5) is 0 Å². The Balaban J connectivity index is 2.26. The third-order valence-electron chi connectivity index (χ3n) is 3.76. The van der Waals surface area contributed by atoms with Gasteiger partial charge in [-0.25, -0.2) is 0 Å². The minimum absolute atomic E-state index is 0.212.